The summed E-state index contributed by atoms with van der Waals surface area (Å²) in [7, 11) is 1.43. The van der Waals surface area contributed by atoms with E-state index >= 15 is 0 Å². The molecule has 11 heavy (non-hydrogen) atoms. The van der Waals surface area contributed by atoms with Crippen molar-refractivity contribution in [3.05, 3.63) is 23.8 Å². The minimum Gasteiger partial charge on any atom is -0.505 e. The van der Waals surface area contributed by atoms with Gasteiger partial charge in [0.05, 0.1) is 0 Å². The molecule has 0 saturated carbocycles. The molecule has 57 valence electrons. The lowest BCUT2D eigenvalue weighted by Gasteiger charge is -2.01. The predicted octanol–water partition coefficient (Wildman–Crippen LogP) is 1.05. The molecule has 0 spiro atoms. The first kappa shape index (κ1) is 8.05. The number of phenolic OH excluding ortho intramolecular Hbond substituents is 1. The number of hydrogen-bond acceptors (Lipinski definition) is 1. The van der Waals surface area contributed by atoms with Crippen LogP contribution in [-0.2, 0) is 0 Å². The van der Waals surface area contributed by atoms with Crippen LogP contribution < -0.4 is 5.46 Å². The second-order valence-electron chi connectivity index (χ2n) is 2.11. The average Bonchev–Trinajstić information content (AvgIpc) is 1.96. The second-order valence-corrected chi connectivity index (χ2v) is 2.11. The summed E-state index contributed by atoms with van der Waals surface area (Å²) >= 11 is 0. The van der Waals surface area contributed by atoms with Crippen molar-refractivity contribution in [3.8, 4) is 5.75 Å². The van der Waals surface area contributed by atoms with Gasteiger partial charge in [0.2, 0.25) is 0 Å². The lowest BCUT2D eigenvalue weighted by Crippen LogP contribution is -2.12. The molecular formula is C7H6BF2O. The molecule has 0 aliphatic heterocycles. The Morgan fingerprint density at radius 1 is 1.36 bits per heavy atom. The lowest BCUT2D eigenvalue weighted by atomic mass is 9.73. The molecule has 1 nitrogen and oxygen atoms in total. The molecule has 0 aliphatic carbocycles. The predicted molar refractivity (Wildman–Crippen MR) is 39.3 cm³/mol. The normalized spacial score (nSPS) is 9.73. The number of rotatable bonds is 1. The third-order valence-corrected chi connectivity index (χ3v) is 1.37. The van der Waals surface area contributed by atoms with E-state index in [9.17, 15) is 8.78 Å². The van der Waals surface area contributed by atoms with Crippen molar-refractivity contribution in [2.45, 2.75) is 6.82 Å². The molecule has 1 radical (unpaired) electrons. The first-order valence-electron chi connectivity index (χ1n) is 3.12. The van der Waals surface area contributed by atoms with Crippen molar-refractivity contribution in [1.82, 2.24) is 0 Å². The first-order chi connectivity index (χ1) is 5.15. The largest absolute Gasteiger partial charge is 0.505 e. The van der Waals surface area contributed by atoms with Crippen molar-refractivity contribution in [2.75, 3.05) is 0 Å². The van der Waals surface area contributed by atoms with E-state index in [2.05, 4.69) is 0 Å². The van der Waals surface area contributed by atoms with Crippen LogP contribution in [0.4, 0.5) is 8.78 Å². The molecule has 1 rings (SSSR count). The van der Waals surface area contributed by atoms with E-state index in [1.165, 1.54) is 7.28 Å². The van der Waals surface area contributed by atoms with Crippen molar-refractivity contribution >= 4 is 12.7 Å². The molecule has 0 amide bonds. The summed E-state index contributed by atoms with van der Waals surface area (Å²) in [4.78, 5) is 0. The van der Waals surface area contributed by atoms with Crippen LogP contribution in [0.3, 0.4) is 0 Å². The van der Waals surface area contributed by atoms with Crippen LogP contribution in [0.5, 0.6) is 5.75 Å². The SMILES string of the molecule is C[B]c1cc(F)cc(F)c1O. The Bertz CT molecular complexity index is 275. The van der Waals surface area contributed by atoms with Gasteiger partial charge in [0.15, 0.2) is 13.1 Å². The Morgan fingerprint density at radius 3 is 2.55 bits per heavy atom. The van der Waals surface area contributed by atoms with Gasteiger partial charge in [-0.1, -0.05) is 6.82 Å². The number of halogens is 2. The molecule has 0 heterocycles. The third-order valence-electron chi connectivity index (χ3n) is 1.37. The molecule has 4 heteroatoms. The Labute approximate surface area is 63.9 Å². The van der Waals surface area contributed by atoms with Gasteiger partial charge in [0, 0.05) is 6.07 Å². The number of aromatic hydroxyl groups is 1. The zero-order chi connectivity index (χ0) is 8.43. The van der Waals surface area contributed by atoms with E-state index in [0.717, 1.165) is 6.07 Å². The molecule has 0 aromatic heterocycles. The fourth-order valence-corrected chi connectivity index (χ4v) is 0.806. The minimum atomic E-state index is -0.932. The zero-order valence-corrected chi connectivity index (χ0v) is 5.94. The van der Waals surface area contributed by atoms with Gasteiger partial charge in [-0.25, -0.2) is 8.78 Å². The van der Waals surface area contributed by atoms with Crippen molar-refractivity contribution in [1.29, 1.82) is 0 Å². The monoisotopic (exact) mass is 155 g/mol. The van der Waals surface area contributed by atoms with E-state index in [0.29, 0.717) is 6.07 Å². The van der Waals surface area contributed by atoms with Gasteiger partial charge in [0.1, 0.15) is 11.6 Å². The summed E-state index contributed by atoms with van der Waals surface area (Å²) in [6.07, 6.45) is 0. The van der Waals surface area contributed by atoms with Gasteiger partial charge < -0.3 is 5.11 Å². The highest BCUT2D eigenvalue weighted by atomic mass is 19.1. The molecule has 1 aromatic rings. The van der Waals surface area contributed by atoms with Crippen LogP contribution in [0.1, 0.15) is 0 Å². The van der Waals surface area contributed by atoms with E-state index in [1.807, 2.05) is 0 Å². The van der Waals surface area contributed by atoms with Gasteiger partial charge in [0.25, 0.3) is 0 Å². The highest BCUT2D eigenvalue weighted by Crippen LogP contribution is 2.12. The third kappa shape index (κ3) is 1.50. The second kappa shape index (κ2) is 2.90. The molecule has 0 fully saturated rings. The topological polar surface area (TPSA) is 20.2 Å². The summed E-state index contributed by atoms with van der Waals surface area (Å²) in [5.74, 6) is -2.12. The molecule has 0 saturated heterocycles. The molecule has 1 N–H and O–H groups in total. The summed E-state index contributed by atoms with van der Waals surface area (Å²) in [6, 6.07) is 1.71. The van der Waals surface area contributed by atoms with E-state index in [1.54, 1.807) is 6.82 Å². The quantitative estimate of drug-likeness (QED) is 0.600. The minimum absolute atomic E-state index is 0.169. The van der Waals surface area contributed by atoms with Gasteiger partial charge >= 0.3 is 0 Å². The Hall–Kier alpha value is -1.06. The molecule has 0 bridgehead atoms. The lowest BCUT2D eigenvalue weighted by molar-refractivity contribution is 0.432. The zero-order valence-electron chi connectivity index (χ0n) is 5.94. The maximum atomic E-state index is 12.5. The van der Waals surface area contributed by atoms with Crippen molar-refractivity contribution in [2.24, 2.45) is 0 Å². The van der Waals surface area contributed by atoms with Crippen LogP contribution in [0.25, 0.3) is 0 Å². The molecule has 1 aromatic carbocycles. The van der Waals surface area contributed by atoms with E-state index in [-0.39, 0.29) is 5.46 Å². The summed E-state index contributed by atoms with van der Waals surface area (Å²) in [5, 5.41) is 8.95. The summed E-state index contributed by atoms with van der Waals surface area (Å²) in [5.41, 5.74) is 0.169. The Morgan fingerprint density at radius 2 is 2.00 bits per heavy atom. The smallest absolute Gasteiger partial charge is 0.167 e. The van der Waals surface area contributed by atoms with Gasteiger partial charge in [-0.3, -0.25) is 0 Å². The summed E-state index contributed by atoms with van der Waals surface area (Å²) < 4.78 is 24.9. The van der Waals surface area contributed by atoms with Crippen molar-refractivity contribution < 1.29 is 13.9 Å². The van der Waals surface area contributed by atoms with E-state index < -0.39 is 17.4 Å². The number of phenols is 1. The Balaban J connectivity index is 3.24. The maximum Gasteiger partial charge on any atom is 0.167 e. The first-order valence-corrected chi connectivity index (χ1v) is 3.12. The van der Waals surface area contributed by atoms with Crippen LogP contribution in [0.2, 0.25) is 6.82 Å². The van der Waals surface area contributed by atoms with Crippen LogP contribution >= 0.6 is 0 Å². The van der Waals surface area contributed by atoms with Gasteiger partial charge in [-0.05, 0) is 11.5 Å². The van der Waals surface area contributed by atoms with Crippen LogP contribution in [0, 0.1) is 11.6 Å². The standard InChI is InChI=1S/C7H6BF2O/c1-8-5-2-4(9)3-6(10)7(5)11/h2-3,11H,1H3. The fraction of sp³-hybridized carbons (Fsp3) is 0.143. The number of hydrogen-bond donors (Lipinski definition) is 1. The van der Waals surface area contributed by atoms with Gasteiger partial charge in [-0.15, -0.1) is 0 Å². The van der Waals surface area contributed by atoms with Crippen LogP contribution in [0.15, 0.2) is 12.1 Å². The molecule has 0 unspecified atom stereocenters. The average molecular weight is 155 g/mol. The Kier molecular flexibility index (Phi) is 2.12. The molecule has 0 aliphatic rings. The fourth-order valence-electron chi connectivity index (χ4n) is 0.806. The van der Waals surface area contributed by atoms with Crippen molar-refractivity contribution in [3.63, 3.8) is 0 Å². The number of benzene rings is 1. The van der Waals surface area contributed by atoms with Gasteiger partial charge in [-0.2, -0.15) is 0 Å². The molecule has 0 atom stereocenters. The maximum absolute atomic E-state index is 12.5. The molecular weight excluding hydrogens is 149 g/mol. The highest BCUT2D eigenvalue weighted by molar-refractivity contribution is 6.53. The van der Waals surface area contributed by atoms with Crippen LogP contribution in [-0.4, -0.2) is 12.4 Å². The van der Waals surface area contributed by atoms with E-state index in [4.69, 9.17) is 5.11 Å². The summed E-state index contributed by atoms with van der Waals surface area (Å²) in [6.45, 7) is 1.59. The highest BCUT2D eigenvalue weighted by Gasteiger charge is 2.07.